The topological polar surface area (TPSA) is 92.5 Å². The number of aromatic nitrogens is 3. The molecule has 0 spiro atoms. The van der Waals surface area contributed by atoms with Gasteiger partial charge in [-0.15, -0.1) is 0 Å². The average Bonchev–Trinajstić information content (AvgIpc) is 2.73. The first-order chi connectivity index (χ1) is 10.2. The maximum absolute atomic E-state index is 12.4. The highest BCUT2D eigenvalue weighted by Gasteiger charge is 2.25. The van der Waals surface area contributed by atoms with Crippen molar-refractivity contribution >= 4 is 13.6 Å². The molecular weight excluding hydrogens is 309 g/mol. The van der Waals surface area contributed by atoms with Crippen molar-refractivity contribution in [3.63, 3.8) is 0 Å². The summed E-state index contributed by atoms with van der Waals surface area (Å²) in [5, 5.41) is 4.10. The minimum absolute atomic E-state index is 0.0438. The molecule has 0 saturated carbocycles. The first-order valence-corrected chi connectivity index (χ1v) is 8.88. The Morgan fingerprint density at radius 1 is 1.27 bits per heavy atom. The van der Waals surface area contributed by atoms with Crippen molar-refractivity contribution < 1.29 is 23.1 Å². The number of hydrogen-bond donors (Lipinski definition) is 0. The summed E-state index contributed by atoms with van der Waals surface area (Å²) in [7, 11) is -3.25. The van der Waals surface area contributed by atoms with Crippen molar-refractivity contribution in [1.82, 2.24) is 14.8 Å². The van der Waals surface area contributed by atoms with Crippen LogP contribution < -0.4 is 0 Å². The Morgan fingerprint density at radius 3 is 2.36 bits per heavy atom. The molecule has 0 bridgehead atoms. The van der Waals surface area contributed by atoms with E-state index in [1.807, 2.05) is 0 Å². The predicted molar refractivity (Wildman–Crippen MR) is 80.4 cm³/mol. The van der Waals surface area contributed by atoms with E-state index >= 15 is 0 Å². The highest BCUT2D eigenvalue weighted by Crippen LogP contribution is 2.49. The predicted octanol–water partition coefficient (Wildman–Crippen LogP) is 2.39. The summed E-state index contributed by atoms with van der Waals surface area (Å²) in [6, 6.07) is 0. The van der Waals surface area contributed by atoms with Crippen LogP contribution in [0.2, 0.25) is 0 Å². The lowest BCUT2D eigenvalue weighted by molar-refractivity contribution is -0.154. The Labute approximate surface area is 130 Å². The van der Waals surface area contributed by atoms with Gasteiger partial charge in [0.25, 0.3) is 0 Å². The Hall–Kier alpha value is -1.24. The van der Waals surface area contributed by atoms with Crippen molar-refractivity contribution in [2.75, 3.05) is 13.2 Å². The number of esters is 1. The molecule has 22 heavy (non-hydrogen) atoms. The molecule has 0 N–H and O–H groups in total. The third-order valence-corrected chi connectivity index (χ3v) is 4.22. The Bertz CT molecular complexity index is 528. The second kappa shape index (κ2) is 7.85. The lowest BCUT2D eigenvalue weighted by Gasteiger charge is -2.18. The zero-order chi connectivity index (χ0) is 16.8. The number of rotatable bonds is 8. The SMILES string of the molecule is CCOP(=O)(Cn1cnc(CC(=O)OC(C)(C)C)n1)OCC. The standard InChI is InChI=1S/C13H24N3O5P/c1-6-19-22(18,20-7-2)10-16-9-14-11(15-16)8-12(17)21-13(3,4)5/h9H,6-8,10H2,1-5H3. The van der Waals surface area contributed by atoms with E-state index in [1.54, 1.807) is 34.6 Å². The molecule has 0 amide bonds. The largest absolute Gasteiger partial charge is 0.460 e. The normalized spacial score (nSPS) is 12.4. The second-order valence-corrected chi connectivity index (χ2v) is 7.57. The Kier molecular flexibility index (Phi) is 6.71. The molecule has 8 nitrogen and oxygen atoms in total. The molecule has 0 aromatic carbocycles. The van der Waals surface area contributed by atoms with Gasteiger partial charge < -0.3 is 13.8 Å². The van der Waals surface area contributed by atoms with Crippen LogP contribution >= 0.6 is 7.60 Å². The summed E-state index contributed by atoms with van der Waals surface area (Å²) in [4.78, 5) is 15.7. The summed E-state index contributed by atoms with van der Waals surface area (Å²) in [5.41, 5.74) is -0.556. The van der Waals surface area contributed by atoms with Gasteiger partial charge in [0.05, 0.1) is 13.2 Å². The Morgan fingerprint density at radius 2 is 1.86 bits per heavy atom. The summed E-state index contributed by atoms with van der Waals surface area (Å²) in [6.07, 6.45) is 1.30. The van der Waals surface area contributed by atoms with Gasteiger partial charge in [0.1, 0.15) is 24.6 Å². The maximum Gasteiger partial charge on any atom is 0.351 e. The molecule has 1 rings (SSSR count). The first kappa shape index (κ1) is 18.8. The van der Waals surface area contributed by atoms with Gasteiger partial charge in [0.2, 0.25) is 0 Å². The number of carbonyl (C=O) groups is 1. The molecule has 0 unspecified atom stereocenters. The number of nitrogens with zero attached hydrogens (tertiary/aromatic N) is 3. The van der Waals surface area contributed by atoms with Gasteiger partial charge in [-0.1, -0.05) is 0 Å². The number of carbonyl (C=O) groups excluding carboxylic acids is 1. The zero-order valence-electron chi connectivity index (χ0n) is 13.7. The minimum atomic E-state index is -3.25. The van der Waals surface area contributed by atoms with E-state index in [0.29, 0.717) is 5.82 Å². The minimum Gasteiger partial charge on any atom is -0.460 e. The molecular formula is C13H24N3O5P. The molecule has 0 atom stereocenters. The number of ether oxygens (including phenoxy) is 1. The van der Waals surface area contributed by atoms with E-state index in [9.17, 15) is 9.36 Å². The second-order valence-electron chi connectivity index (χ2n) is 5.55. The lowest BCUT2D eigenvalue weighted by atomic mass is 10.2. The highest BCUT2D eigenvalue weighted by atomic mass is 31.2. The van der Waals surface area contributed by atoms with Crippen molar-refractivity contribution in [2.24, 2.45) is 0 Å². The van der Waals surface area contributed by atoms with Crippen LogP contribution in [0.1, 0.15) is 40.4 Å². The van der Waals surface area contributed by atoms with E-state index in [2.05, 4.69) is 10.1 Å². The molecule has 0 radical (unpaired) electrons. The zero-order valence-corrected chi connectivity index (χ0v) is 14.6. The van der Waals surface area contributed by atoms with Crippen LogP contribution in [0.3, 0.4) is 0 Å². The van der Waals surface area contributed by atoms with Gasteiger partial charge in [0.15, 0.2) is 5.82 Å². The molecule has 1 heterocycles. The summed E-state index contributed by atoms with van der Waals surface area (Å²) >= 11 is 0. The fraction of sp³-hybridized carbons (Fsp3) is 0.769. The molecule has 9 heteroatoms. The van der Waals surface area contributed by atoms with Gasteiger partial charge in [-0.2, -0.15) is 5.10 Å². The molecule has 0 aliphatic carbocycles. The van der Waals surface area contributed by atoms with Crippen LogP contribution in [-0.2, 0) is 35.9 Å². The summed E-state index contributed by atoms with van der Waals surface area (Å²) in [6.45, 7) is 9.39. The van der Waals surface area contributed by atoms with E-state index in [0.717, 1.165) is 0 Å². The first-order valence-electron chi connectivity index (χ1n) is 7.15. The monoisotopic (exact) mass is 333 g/mol. The van der Waals surface area contributed by atoms with Gasteiger partial charge >= 0.3 is 13.6 Å². The smallest absolute Gasteiger partial charge is 0.351 e. The van der Waals surface area contributed by atoms with Crippen molar-refractivity contribution in [3.05, 3.63) is 12.2 Å². The summed E-state index contributed by atoms with van der Waals surface area (Å²) in [5.74, 6) is -0.114. The van der Waals surface area contributed by atoms with E-state index in [-0.39, 0.29) is 25.9 Å². The van der Waals surface area contributed by atoms with E-state index in [4.69, 9.17) is 13.8 Å². The van der Waals surface area contributed by atoms with Gasteiger partial charge in [-0.25, -0.2) is 9.67 Å². The van der Waals surface area contributed by atoms with Crippen LogP contribution in [-0.4, -0.2) is 39.5 Å². The fourth-order valence-corrected chi connectivity index (χ4v) is 3.19. The highest BCUT2D eigenvalue weighted by molar-refractivity contribution is 7.52. The molecule has 126 valence electrons. The summed E-state index contributed by atoms with van der Waals surface area (Å²) < 4.78 is 29.3. The molecule has 0 saturated heterocycles. The van der Waals surface area contributed by atoms with Crippen LogP contribution in [0.25, 0.3) is 0 Å². The van der Waals surface area contributed by atoms with Crippen LogP contribution in [0, 0.1) is 0 Å². The molecule has 1 aromatic rings. The average molecular weight is 333 g/mol. The van der Waals surface area contributed by atoms with E-state index < -0.39 is 19.2 Å². The third-order valence-electron chi connectivity index (χ3n) is 2.28. The van der Waals surface area contributed by atoms with E-state index in [1.165, 1.54) is 11.0 Å². The quantitative estimate of drug-likeness (QED) is 0.532. The third kappa shape index (κ3) is 6.68. The Balaban J connectivity index is 2.67. The molecule has 0 aliphatic rings. The molecule has 0 aliphatic heterocycles. The number of hydrogen-bond acceptors (Lipinski definition) is 7. The van der Waals surface area contributed by atoms with Crippen molar-refractivity contribution in [2.45, 2.75) is 52.9 Å². The van der Waals surface area contributed by atoms with Crippen LogP contribution in [0.5, 0.6) is 0 Å². The molecule has 1 aromatic heterocycles. The fourth-order valence-electron chi connectivity index (χ4n) is 1.68. The van der Waals surface area contributed by atoms with Gasteiger partial charge in [0, 0.05) is 0 Å². The molecule has 0 fully saturated rings. The van der Waals surface area contributed by atoms with Crippen molar-refractivity contribution in [1.29, 1.82) is 0 Å². The van der Waals surface area contributed by atoms with Crippen LogP contribution in [0.4, 0.5) is 0 Å². The van der Waals surface area contributed by atoms with Gasteiger partial charge in [-0.3, -0.25) is 9.36 Å². The van der Waals surface area contributed by atoms with Crippen LogP contribution in [0.15, 0.2) is 6.33 Å². The maximum atomic E-state index is 12.4. The lowest BCUT2D eigenvalue weighted by Crippen LogP contribution is -2.25. The van der Waals surface area contributed by atoms with Gasteiger partial charge in [-0.05, 0) is 34.6 Å². The van der Waals surface area contributed by atoms with Crippen molar-refractivity contribution in [3.8, 4) is 0 Å².